The minimum atomic E-state index is -1.16. The SMILES string of the molecule is C=CCOC(=O)NC(CC)C(O)c1ncc(-c2c(Cl)cccc2Cl)o1. The molecule has 6 nitrogen and oxygen atoms in total. The van der Waals surface area contributed by atoms with Crippen LogP contribution < -0.4 is 5.32 Å². The van der Waals surface area contributed by atoms with Gasteiger partial charge in [-0.2, -0.15) is 0 Å². The molecule has 2 atom stereocenters. The highest BCUT2D eigenvalue weighted by Crippen LogP contribution is 2.35. The van der Waals surface area contributed by atoms with Gasteiger partial charge in [0, 0.05) is 0 Å². The third-order valence-corrected chi connectivity index (χ3v) is 4.07. The summed E-state index contributed by atoms with van der Waals surface area (Å²) in [5.74, 6) is 0.371. The number of aliphatic hydroxyl groups is 1. The lowest BCUT2D eigenvalue weighted by Gasteiger charge is -2.20. The molecule has 0 saturated carbocycles. The molecule has 0 fully saturated rings. The molecule has 0 spiro atoms. The van der Waals surface area contributed by atoms with Gasteiger partial charge in [-0.1, -0.05) is 48.8 Å². The van der Waals surface area contributed by atoms with Crippen LogP contribution in [0.4, 0.5) is 4.79 Å². The third kappa shape index (κ3) is 4.75. The van der Waals surface area contributed by atoms with Gasteiger partial charge < -0.3 is 19.6 Å². The Morgan fingerprint density at radius 2 is 2.16 bits per heavy atom. The Balaban J connectivity index is 2.17. The number of benzene rings is 1. The molecule has 0 bridgehead atoms. The largest absolute Gasteiger partial charge is 0.445 e. The molecule has 0 saturated heterocycles. The predicted octanol–water partition coefficient (Wildman–Crippen LogP) is 4.37. The van der Waals surface area contributed by atoms with Crippen LogP contribution in [-0.2, 0) is 4.74 Å². The van der Waals surface area contributed by atoms with Gasteiger partial charge in [-0.3, -0.25) is 0 Å². The maximum absolute atomic E-state index is 11.6. The number of oxazole rings is 1. The number of carbonyl (C=O) groups is 1. The van der Waals surface area contributed by atoms with E-state index >= 15 is 0 Å². The number of ether oxygens (including phenoxy) is 1. The van der Waals surface area contributed by atoms with E-state index in [1.165, 1.54) is 12.3 Å². The summed E-state index contributed by atoms with van der Waals surface area (Å²) in [5.41, 5.74) is 0.489. The highest BCUT2D eigenvalue weighted by molar-refractivity contribution is 6.39. The first-order valence-electron chi connectivity index (χ1n) is 7.60. The van der Waals surface area contributed by atoms with Crippen molar-refractivity contribution in [3.63, 3.8) is 0 Å². The van der Waals surface area contributed by atoms with Gasteiger partial charge in [-0.15, -0.1) is 0 Å². The summed E-state index contributed by atoms with van der Waals surface area (Å²) in [4.78, 5) is 15.7. The molecule has 0 aliphatic carbocycles. The molecule has 0 radical (unpaired) electrons. The summed E-state index contributed by atoms with van der Waals surface area (Å²) >= 11 is 12.3. The lowest BCUT2D eigenvalue weighted by atomic mass is 10.1. The zero-order valence-electron chi connectivity index (χ0n) is 13.5. The Morgan fingerprint density at radius 3 is 2.76 bits per heavy atom. The molecular weight excluding hydrogens is 367 g/mol. The van der Waals surface area contributed by atoms with E-state index in [0.29, 0.717) is 27.8 Å². The average molecular weight is 385 g/mol. The van der Waals surface area contributed by atoms with E-state index in [1.54, 1.807) is 25.1 Å². The van der Waals surface area contributed by atoms with Crippen molar-refractivity contribution in [2.24, 2.45) is 0 Å². The van der Waals surface area contributed by atoms with E-state index in [-0.39, 0.29) is 12.5 Å². The smallest absolute Gasteiger partial charge is 0.407 e. The average Bonchev–Trinajstić information content (AvgIpc) is 3.06. The first-order chi connectivity index (χ1) is 12.0. The van der Waals surface area contributed by atoms with Gasteiger partial charge in [0.2, 0.25) is 5.89 Å². The summed E-state index contributed by atoms with van der Waals surface area (Å²) in [6, 6.07) is 4.43. The molecular formula is C17H18Cl2N2O4. The van der Waals surface area contributed by atoms with Crippen molar-refractivity contribution in [3.05, 3.63) is 53.0 Å². The number of aromatic nitrogens is 1. The fraction of sp³-hybridized carbons (Fsp3) is 0.294. The summed E-state index contributed by atoms with van der Waals surface area (Å²) in [5, 5.41) is 13.8. The number of alkyl carbamates (subject to hydrolysis) is 1. The molecule has 1 amide bonds. The van der Waals surface area contributed by atoms with Crippen molar-refractivity contribution in [1.29, 1.82) is 0 Å². The van der Waals surface area contributed by atoms with E-state index in [1.807, 2.05) is 0 Å². The minimum Gasteiger partial charge on any atom is -0.445 e. The van der Waals surface area contributed by atoms with Crippen LogP contribution in [0.1, 0.15) is 25.3 Å². The molecule has 1 heterocycles. The van der Waals surface area contributed by atoms with Crippen molar-refractivity contribution < 1.29 is 19.1 Å². The number of hydrogen-bond acceptors (Lipinski definition) is 5. The number of halogens is 2. The molecule has 2 unspecified atom stereocenters. The highest BCUT2D eigenvalue weighted by Gasteiger charge is 2.26. The van der Waals surface area contributed by atoms with Crippen LogP contribution in [0.25, 0.3) is 11.3 Å². The molecule has 0 aliphatic heterocycles. The summed E-state index contributed by atoms with van der Waals surface area (Å²) in [6.45, 7) is 5.34. The monoisotopic (exact) mass is 384 g/mol. The fourth-order valence-corrected chi connectivity index (χ4v) is 2.76. The second kappa shape index (κ2) is 8.89. The van der Waals surface area contributed by atoms with Gasteiger partial charge in [0.05, 0.1) is 27.8 Å². The van der Waals surface area contributed by atoms with Crippen molar-refractivity contribution in [1.82, 2.24) is 10.3 Å². The Bertz CT molecular complexity index is 728. The maximum atomic E-state index is 11.6. The Kier molecular flexibility index (Phi) is 6.87. The third-order valence-electron chi connectivity index (χ3n) is 3.44. The fourth-order valence-electron chi connectivity index (χ4n) is 2.18. The van der Waals surface area contributed by atoms with E-state index in [4.69, 9.17) is 32.4 Å². The van der Waals surface area contributed by atoms with Crippen LogP contribution in [0.3, 0.4) is 0 Å². The molecule has 0 aliphatic rings. The Hall–Kier alpha value is -2.02. The van der Waals surface area contributed by atoms with E-state index in [2.05, 4.69) is 16.9 Å². The van der Waals surface area contributed by atoms with Crippen LogP contribution in [0.2, 0.25) is 10.0 Å². The second-order valence-corrected chi connectivity index (χ2v) is 5.96. The molecule has 25 heavy (non-hydrogen) atoms. The second-order valence-electron chi connectivity index (χ2n) is 5.15. The molecule has 2 N–H and O–H groups in total. The number of nitrogens with zero attached hydrogens (tertiary/aromatic N) is 1. The number of nitrogens with one attached hydrogen (secondary N) is 1. The van der Waals surface area contributed by atoms with E-state index in [0.717, 1.165) is 0 Å². The maximum Gasteiger partial charge on any atom is 0.407 e. The standard InChI is InChI=1S/C17H18Cl2N2O4/c1-3-8-24-17(23)21-12(4-2)15(22)16-20-9-13(25-16)14-10(18)6-5-7-11(14)19/h3,5-7,9,12,15,22H,1,4,8H2,2H3,(H,21,23). The zero-order valence-corrected chi connectivity index (χ0v) is 15.0. The predicted molar refractivity (Wildman–Crippen MR) is 95.7 cm³/mol. The normalized spacial score (nSPS) is 13.1. The Morgan fingerprint density at radius 1 is 1.48 bits per heavy atom. The van der Waals surface area contributed by atoms with Crippen LogP contribution in [0.5, 0.6) is 0 Å². The van der Waals surface area contributed by atoms with Gasteiger partial charge in [-0.25, -0.2) is 9.78 Å². The van der Waals surface area contributed by atoms with Crippen molar-refractivity contribution in [3.8, 4) is 11.3 Å². The lowest BCUT2D eigenvalue weighted by Crippen LogP contribution is -2.39. The first-order valence-corrected chi connectivity index (χ1v) is 8.35. The van der Waals surface area contributed by atoms with Crippen LogP contribution in [0, 0.1) is 0 Å². The zero-order chi connectivity index (χ0) is 18.4. The molecule has 8 heteroatoms. The first kappa shape index (κ1) is 19.3. The molecule has 2 rings (SSSR count). The molecule has 1 aromatic heterocycles. The number of rotatable bonds is 7. The van der Waals surface area contributed by atoms with Gasteiger partial charge in [0.1, 0.15) is 6.61 Å². The summed E-state index contributed by atoms with van der Waals surface area (Å²) in [7, 11) is 0. The lowest BCUT2D eigenvalue weighted by molar-refractivity contribution is 0.0887. The summed E-state index contributed by atoms with van der Waals surface area (Å²) in [6.07, 6.45) is 1.50. The topological polar surface area (TPSA) is 84.6 Å². The quantitative estimate of drug-likeness (QED) is 0.692. The van der Waals surface area contributed by atoms with E-state index < -0.39 is 18.2 Å². The highest BCUT2D eigenvalue weighted by atomic mass is 35.5. The number of hydrogen-bond donors (Lipinski definition) is 2. The molecule has 134 valence electrons. The van der Waals surface area contributed by atoms with Crippen molar-refractivity contribution in [2.45, 2.75) is 25.5 Å². The Labute approximate surface area is 155 Å². The van der Waals surface area contributed by atoms with Gasteiger partial charge in [0.25, 0.3) is 0 Å². The minimum absolute atomic E-state index is 0.0434. The van der Waals surface area contributed by atoms with Gasteiger partial charge in [-0.05, 0) is 18.6 Å². The summed E-state index contributed by atoms with van der Waals surface area (Å²) < 4.78 is 10.5. The van der Waals surface area contributed by atoms with Crippen LogP contribution in [-0.4, -0.2) is 28.8 Å². The van der Waals surface area contributed by atoms with Crippen LogP contribution in [0.15, 0.2) is 41.5 Å². The molecule has 2 aromatic rings. The number of amides is 1. The van der Waals surface area contributed by atoms with E-state index in [9.17, 15) is 9.90 Å². The molecule has 1 aromatic carbocycles. The van der Waals surface area contributed by atoms with Gasteiger partial charge >= 0.3 is 6.09 Å². The van der Waals surface area contributed by atoms with Crippen molar-refractivity contribution in [2.75, 3.05) is 6.61 Å². The number of carbonyl (C=O) groups excluding carboxylic acids is 1. The number of aliphatic hydroxyl groups excluding tert-OH is 1. The van der Waals surface area contributed by atoms with Gasteiger partial charge in [0.15, 0.2) is 11.9 Å². The van der Waals surface area contributed by atoms with Crippen LogP contribution >= 0.6 is 23.2 Å². The van der Waals surface area contributed by atoms with Crippen molar-refractivity contribution >= 4 is 29.3 Å².